The lowest BCUT2D eigenvalue weighted by atomic mass is 9.89. The molecule has 1 aliphatic carbocycles. The van der Waals surface area contributed by atoms with Crippen LogP contribution < -0.4 is 5.73 Å². The third kappa shape index (κ3) is 3.46. The van der Waals surface area contributed by atoms with Gasteiger partial charge in [-0.25, -0.2) is 8.78 Å². The summed E-state index contributed by atoms with van der Waals surface area (Å²) < 4.78 is 27.7. The number of aromatic nitrogens is 2. The largest absolute Gasteiger partial charge is 0.399 e. The minimum Gasteiger partial charge on any atom is -0.399 e. The number of hydrogen-bond donors (Lipinski definition) is 1. The normalized spacial score (nSPS) is 16.3. The van der Waals surface area contributed by atoms with Gasteiger partial charge in [0.2, 0.25) is 0 Å². The Morgan fingerprint density at radius 1 is 1.14 bits per heavy atom. The monoisotopic (exact) mass is 305 g/mol. The van der Waals surface area contributed by atoms with Gasteiger partial charge in [0.05, 0.1) is 6.20 Å². The van der Waals surface area contributed by atoms with Crippen LogP contribution in [0, 0.1) is 5.92 Å². The van der Waals surface area contributed by atoms with E-state index in [1.807, 2.05) is 10.9 Å². The number of anilines is 1. The fourth-order valence-electron chi connectivity index (χ4n) is 3.22. The van der Waals surface area contributed by atoms with Gasteiger partial charge in [-0.05, 0) is 42.5 Å². The molecule has 118 valence electrons. The van der Waals surface area contributed by atoms with Gasteiger partial charge in [-0.15, -0.1) is 0 Å². The highest BCUT2D eigenvalue weighted by molar-refractivity contribution is 5.67. The molecule has 0 radical (unpaired) electrons. The first-order chi connectivity index (χ1) is 10.6. The molecule has 1 fully saturated rings. The molecule has 3 nitrogen and oxygen atoms in total. The molecule has 1 heterocycles. The van der Waals surface area contributed by atoms with Crippen LogP contribution in [-0.4, -0.2) is 9.78 Å². The first kappa shape index (κ1) is 15.0. The molecule has 0 spiro atoms. The highest BCUT2D eigenvalue weighted by Gasteiger charge is 2.15. The summed E-state index contributed by atoms with van der Waals surface area (Å²) >= 11 is 0. The number of nitrogen functional groups attached to an aromatic ring is 1. The average Bonchev–Trinajstić information content (AvgIpc) is 2.96. The molecule has 1 aromatic heterocycles. The van der Waals surface area contributed by atoms with Gasteiger partial charge in [0.25, 0.3) is 6.43 Å². The second-order valence-corrected chi connectivity index (χ2v) is 6.14. The standard InChI is InChI=1S/C17H21F2N3/c18-17(19)14-6-13(7-16(20)8-14)15-9-21-22(11-15)10-12-4-2-1-3-5-12/h6-9,11-12,17H,1-5,10,20H2. The summed E-state index contributed by atoms with van der Waals surface area (Å²) in [5.41, 5.74) is 7.58. The van der Waals surface area contributed by atoms with Gasteiger partial charge in [0.1, 0.15) is 0 Å². The molecule has 3 rings (SSSR count). The summed E-state index contributed by atoms with van der Waals surface area (Å²) in [7, 11) is 0. The molecule has 0 aliphatic heterocycles. The van der Waals surface area contributed by atoms with E-state index in [2.05, 4.69) is 5.10 Å². The zero-order valence-electron chi connectivity index (χ0n) is 12.5. The molecule has 2 aromatic rings. The van der Waals surface area contributed by atoms with Crippen LogP contribution >= 0.6 is 0 Å². The first-order valence-corrected chi connectivity index (χ1v) is 7.83. The van der Waals surface area contributed by atoms with Crippen molar-refractivity contribution in [3.63, 3.8) is 0 Å². The summed E-state index contributed by atoms with van der Waals surface area (Å²) in [5, 5.41) is 4.38. The Balaban J connectivity index is 1.78. The van der Waals surface area contributed by atoms with Crippen molar-refractivity contribution in [3.05, 3.63) is 36.2 Å². The van der Waals surface area contributed by atoms with E-state index < -0.39 is 6.43 Å². The van der Waals surface area contributed by atoms with Crippen LogP contribution in [0.3, 0.4) is 0 Å². The Bertz CT molecular complexity index is 631. The van der Waals surface area contributed by atoms with E-state index in [9.17, 15) is 8.78 Å². The van der Waals surface area contributed by atoms with Gasteiger partial charge in [0, 0.05) is 29.6 Å². The van der Waals surface area contributed by atoms with Crippen LogP contribution in [0.4, 0.5) is 14.5 Å². The second-order valence-electron chi connectivity index (χ2n) is 6.14. The second kappa shape index (κ2) is 6.46. The average molecular weight is 305 g/mol. The number of rotatable bonds is 4. The van der Waals surface area contributed by atoms with Crippen LogP contribution in [0.15, 0.2) is 30.6 Å². The Morgan fingerprint density at radius 2 is 1.91 bits per heavy atom. The van der Waals surface area contributed by atoms with Crippen LogP contribution in [0.5, 0.6) is 0 Å². The molecule has 1 aromatic carbocycles. The number of nitrogens with zero attached hydrogens (tertiary/aromatic N) is 2. The highest BCUT2D eigenvalue weighted by Crippen LogP contribution is 2.29. The number of halogens is 2. The molecule has 0 bridgehead atoms. The molecule has 0 unspecified atom stereocenters. The van der Waals surface area contributed by atoms with Crippen molar-refractivity contribution in [2.24, 2.45) is 5.92 Å². The minimum atomic E-state index is -2.51. The van der Waals surface area contributed by atoms with Crippen molar-refractivity contribution >= 4 is 5.69 Å². The molecule has 5 heteroatoms. The molecule has 22 heavy (non-hydrogen) atoms. The van der Waals surface area contributed by atoms with Crippen LogP contribution in [0.25, 0.3) is 11.1 Å². The predicted octanol–water partition coefficient (Wildman–Crippen LogP) is 4.65. The van der Waals surface area contributed by atoms with Crippen molar-refractivity contribution in [2.75, 3.05) is 5.73 Å². The third-order valence-electron chi connectivity index (χ3n) is 4.37. The molecule has 1 saturated carbocycles. The van der Waals surface area contributed by atoms with E-state index in [1.165, 1.54) is 44.2 Å². The maximum Gasteiger partial charge on any atom is 0.263 e. The lowest BCUT2D eigenvalue weighted by Gasteiger charge is -2.21. The van der Waals surface area contributed by atoms with Crippen LogP contribution in [0.2, 0.25) is 0 Å². The number of benzene rings is 1. The summed E-state index contributed by atoms with van der Waals surface area (Å²) in [6.07, 6.45) is 7.58. The lowest BCUT2D eigenvalue weighted by molar-refractivity contribution is 0.151. The molecule has 0 amide bonds. The maximum absolute atomic E-state index is 12.9. The van der Waals surface area contributed by atoms with Crippen molar-refractivity contribution in [2.45, 2.75) is 45.1 Å². The Hall–Kier alpha value is -1.91. The Morgan fingerprint density at radius 3 is 2.64 bits per heavy atom. The summed E-state index contributed by atoms with van der Waals surface area (Å²) in [5.74, 6) is 0.680. The summed E-state index contributed by atoms with van der Waals surface area (Å²) in [6.45, 7) is 0.907. The van der Waals surface area contributed by atoms with Gasteiger partial charge in [-0.1, -0.05) is 19.3 Å². The maximum atomic E-state index is 12.9. The van der Waals surface area contributed by atoms with Crippen molar-refractivity contribution in [1.82, 2.24) is 9.78 Å². The van der Waals surface area contributed by atoms with E-state index in [0.717, 1.165) is 12.1 Å². The Labute approximate surface area is 129 Å². The SMILES string of the molecule is Nc1cc(-c2cnn(CC3CCCCC3)c2)cc(C(F)F)c1. The molecular weight excluding hydrogens is 284 g/mol. The van der Waals surface area contributed by atoms with E-state index >= 15 is 0 Å². The van der Waals surface area contributed by atoms with Gasteiger partial charge in [-0.3, -0.25) is 4.68 Å². The van der Waals surface area contributed by atoms with Crippen LogP contribution in [0.1, 0.15) is 44.1 Å². The number of nitrogens with two attached hydrogens (primary N) is 1. The van der Waals surface area contributed by atoms with E-state index in [1.54, 1.807) is 12.3 Å². The zero-order valence-corrected chi connectivity index (χ0v) is 12.5. The van der Waals surface area contributed by atoms with Gasteiger partial charge < -0.3 is 5.73 Å². The van der Waals surface area contributed by atoms with Gasteiger partial charge in [0.15, 0.2) is 0 Å². The fraction of sp³-hybridized carbons (Fsp3) is 0.471. The Kier molecular flexibility index (Phi) is 4.41. The highest BCUT2D eigenvalue weighted by atomic mass is 19.3. The van der Waals surface area contributed by atoms with Crippen LogP contribution in [-0.2, 0) is 6.54 Å². The van der Waals surface area contributed by atoms with Gasteiger partial charge >= 0.3 is 0 Å². The number of alkyl halides is 2. The third-order valence-corrected chi connectivity index (χ3v) is 4.37. The van der Waals surface area contributed by atoms with E-state index in [0.29, 0.717) is 17.2 Å². The van der Waals surface area contributed by atoms with Crippen molar-refractivity contribution in [1.29, 1.82) is 0 Å². The van der Waals surface area contributed by atoms with E-state index in [4.69, 9.17) is 5.73 Å². The van der Waals surface area contributed by atoms with Crippen molar-refractivity contribution in [3.8, 4) is 11.1 Å². The topological polar surface area (TPSA) is 43.8 Å². The molecular formula is C17H21F2N3. The molecule has 0 atom stereocenters. The lowest BCUT2D eigenvalue weighted by Crippen LogP contribution is -2.14. The minimum absolute atomic E-state index is 0.0463. The van der Waals surface area contributed by atoms with Gasteiger partial charge in [-0.2, -0.15) is 5.10 Å². The van der Waals surface area contributed by atoms with E-state index in [-0.39, 0.29) is 5.56 Å². The molecule has 1 aliphatic rings. The van der Waals surface area contributed by atoms with Crippen molar-refractivity contribution < 1.29 is 8.78 Å². The smallest absolute Gasteiger partial charge is 0.263 e. The first-order valence-electron chi connectivity index (χ1n) is 7.83. The molecule has 0 saturated heterocycles. The predicted molar refractivity (Wildman–Crippen MR) is 83.6 cm³/mol. The fourth-order valence-corrected chi connectivity index (χ4v) is 3.22. The summed E-state index contributed by atoms with van der Waals surface area (Å²) in [6, 6.07) is 4.53. The zero-order chi connectivity index (χ0) is 15.5. The quantitative estimate of drug-likeness (QED) is 0.836. The number of hydrogen-bond acceptors (Lipinski definition) is 2. The molecule has 2 N–H and O–H groups in total. The summed E-state index contributed by atoms with van der Waals surface area (Å²) in [4.78, 5) is 0.